The molecule has 0 saturated carbocycles. The molecular weight excluding hydrogens is 186 g/mol. The number of nitro groups is 1. The van der Waals surface area contributed by atoms with Crippen molar-refractivity contribution in [2.45, 2.75) is 6.10 Å². The van der Waals surface area contributed by atoms with E-state index in [-0.39, 0.29) is 11.8 Å². The highest BCUT2D eigenvalue weighted by Gasteiger charge is 2.23. The fourth-order valence-electron chi connectivity index (χ4n) is 1.02. The Morgan fingerprint density at radius 3 is 2.64 bits per heavy atom. The molecule has 0 N–H and O–H groups in total. The van der Waals surface area contributed by atoms with E-state index < -0.39 is 4.92 Å². The minimum Gasteiger partial charge on any atom is -0.491 e. The van der Waals surface area contributed by atoms with Gasteiger partial charge in [-0.3, -0.25) is 10.1 Å². The molecule has 0 aliphatic carbocycles. The lowest BCUT2D eigenvalue weighted by atomic mass is 10.3. The van der Waals surface area contributed by atoms with E-state index in [1.165, 1.54) is 12.1 Å². The summed E-state index contributed by atoms with van der Waals surface area (Å²) in [4.78, 5) is 9.90. The van der Waals surface area contributed by atoms with E-state index in [2.05, 4.69) is 0 Å². The molecule has 0 bridgehead atoms. The fourth-order valence-corrected chi connectivity index (χ4v) is 1.02. The zero-order valence-electron chi connectivity index (χ0n) is 7.38. The van der Waals surface area contributed by atoms with Gasteiger partial charge in [0.15, 0.2) is 0 Å². The van der Waals surface area contributed by atoms with Gasteiger partial charge in [-0.15, -0.1) is 0 Å². The number of non-ortho nitro benzene ring substituents is 1. The number of epoxide rings is 1. The lowest BCUT2D eigenvalue weighted by Crippen LogP contribution is -2.03. The summed E-state index contributed by atoms with van der Waals surface area (Å²) in [5.74, 6) is 0.631. The predicted octanol–water partition coefficient (Wildman–Crippen LogP) is 1.37. The van der Waals surface area contributed by atoms with Crippen molar-refractivity contribution in [3.05, 3.63) is 34.4 Å². The van der Waals surface area contributed by atoms with Gasteiger partial charge in [0.1, 0.15) is 18.5 Å². The Morgan fingerprint density at radius 1 is 1.50 bits per heavy atom. The largest absolute Gasteiger partial charge is 0.491 e. The van der Waals surface area contributed by atoms with Gasteiger partial charge in [0.2, 0.25) is 0 Å². The van der Waals surface area contributed by atoms with Gasteiger partial charge < -0.3 is 9.47 Å². The molecule has 0 aromatic heterocycles. The third kappa shape index (κ3) is 2.20. The lowest BCUT2D eigenvalue weighted by molar-refractivity contribution is -0.384. The Bertz CT molecular complexity index is 331. The Labute approximate surface area is 80.4 Å². The summed E-state index contributed by atoms with van der Waals surface area (Å²) in [5, 5.41) is 10.3. The maximum Gasteiger partial charge on any atom is 0.269 e. The van der Waals surface area contributed by atoms with Gasteiger partial charge >= 0.3 is 0 Å². The first-order valence-electron chi connectivity index (χ1n) is 4.24. The molecule has 1 atom stereocenters. The number of ether oxygens (including phenoxy) is 2. The van der Waals surface area contributed by atoms with Crippen molar-refractivity contribution < 1.29 is 14.4 Å². The Hall–Kier alpha value is -1.62. The monoisotopic (exact) mass is 195 g/mol. The molecule has 1 aliphatic heterocycles. The second-order valence-corrected chi connectivity index (χ2v) is 3.02. The Balaban J connectivity index is 1.94. The molecule has 0 unspecified atom stereocenters. The second kappa shape index (κ2) is 3.63. The van der Waals surface area contributed by atoms with Crippen molar-refractivity contribution >= 4 is 5.69 Å². The lowest BCUT2D eigenvalue weighted by Gasteiger charge is -2.02. The first-order valence-corrected chi connectivity index (χ1v) is 4.24. The van der Waals surface area contributed by atoms with Crippen molar-refractivity contribution in [1.29, 1.82) is 0 Å². The molecule has 14 heavy (non-hydrogen) atoms. The molecule has 0 amide bonds. The van der Waals surface area contributed by atoms with Crippen molar-refractivity contribution in [1.82, 2.24) is 0 Å². The topological polar surface area (TPSA) is 64.9 Å². The van der Waals surface area contributed by atoms with Crippen LogP contribution in [0.5, 0.6) is 5.75 Å². The molecule has 1 fully saturated rings. The first kappa shape index (κ1) is 8.96. The standard InChI is InChI=1S/C9H9NO4/c11-10(12)7-1-3-8(4-2-7)13-5-9-6-14-9/h1-4,9H,5-6H2/t9-/m1/s1. The molecule has 74 valence electrons. The van der Waals surface area contributed by atoms with Crippen LogP contribution in [-0.2, 0) is 4.74 Å². The normalized spacial score (nSPS) is 19.0. The van der Waals surface area contributed by atoms with Crippen LogP contribution in [0, 0.1) is 10.1 Å². The van der Waals surface area contributed by atoms with E-state index in [1.54, 1.807) is 12.1 Å². The highest BCUT2D eigenvalue weighted by atomic mass is 16.6. The van der Waals surface area contributed by atoms with Crippen molar-refractivity contribution in [3.8, 4) is 5.75 Å². The van der Waals surface area contributed by atoms with E-state index in [4.69, 9.17) is 9.47 Å². The molecule has 1 saturated heterocycles. The van der Waals surface area contributed by atoms with Gasteiger partial charge in [0, 0.05) is 12.1 Å². The molecule has 0 radical (unpaired) electrons. The summed E-state index contributed by atoms with van der Waals surface area (Å²) >= 11 is 0. The number of rotatable bonds is 4. The molecule has 2 rings (SSSR count). The molecule has 5 nitrogen and oxygen atoms in total. The summed E-state index contributed by atoms with van der Waals surface area (Å²) in [6, 6.07) is 6.01. The zero-order valence-corrected chi connectivity index (χ0v) is 7.38. The Morgan fingerprint density at radius 2 is 2.14 bits per heavy atom. The fraction of sp³-hybridized carbons (Fsp3) is 0.333. The van der Waals surface area contributed by atoms with E-state index in [9.17, 15) is 10.1 Å². The smallest absolute Gasteiger partial charge is 0.269 e. The molecule has 0 spiro atoms. The summed E-state index contributed by atoms with van der Waals surface area (Å²) in [6.45, 7) is 1.25. The maximum atomic E-state index is 10.3. The number of hydrogen-bond acceptors (Lipinski definition) is 4. The Kier molecular flexibility index (Phi) is 2.32. The van der Waals surface area contributed by atoms with E-state index in [0.29, 0.717) is 12.4 Å². The first-order chi connectivity index (χ1) is 6.75. The number of nitrogens with zero attached hydrogens (tertiary/aromatic N) is 1. The van der Waals surface area contributed by atoms with Crippen LogP contribution in [0.1, 0.15) is 0 Å². The maximum absolute atomic E-state index is 10.3. The van der Waals surface area contributed by atoms with Gasteiger partial charge in [0.25, 0.3) is 5.69 Å². The molecule has 5 heteroatoms. The van der Waals surface area contributed by atoms with Crippen LogP contribution >= 0.6 is 0 Å². The van der Waals surface area contributed by atoms with E-state index >= 15 is 0 Å². The van der Waals surface area contributed by atoms with Crippen LogP contribution in [0.4, 0.5) is 5.69 Å². The summed E-state index contributed by atoms with van der Waals surface area (Å²) in [5.41, 5.74) is 0.0695. The van der Waals surface area contributed by atoms with Crippen LogP contribution < -0.4 is 4.74 Å². The summed E-state index contributed by atoms with van der Waals surface area (Å²) in [6.07, 6.45) is 0.199. The van der Waals surface area contributed by atoms with Crippen molar-refractivity contribution in [2.75, 3.05) is 13.2 Å². The van der Waals surface area contributed by atoms with Crippen LogP contribution in [0.3, 0.4) is 0 Å². The average Bonchev–Trinajstić information content (AvgIpc) is 2.99. The highest BCUT2D eigenvalue weighted by Crippen LogP contribution is 2.18. The molecule has 1 heterocycles. The van der Waals surface area contributed by atoms with Gasteiger partial charge in [-0.05, 0) is 12.1 Å². The van der Waals surface area contributed by atoms with Crippen LogP contribution in [0.25, 0.3) is 0 Å². The van der Waals surface area contributed by atoms with Gasteiger partial charge in [-0.25, -0.2) is 0 Å². The third-order valence-electron chi connectivity index (χ3n) is 1.89. The van der Waals surface area contributed by atoms with E-state index in [0.717, 1.165) is 6.61 Å². The quantitative estimate of drug-likeness (QED) is 0.413. The van der Waals surface area contributed by atoms with Crippen LogP contribution in [0.2, 0.25) is 0 Å². The second-order valence-electron chi connectivity index (χ2n) is 3.02. The summed E-state index contributed by atoms with van der Waals surface area (Å²) < 4.78 is 10.3. The molecule has 1 aromatic carbocycles. The molecule has 1 aromatic rings. The van der Waals surface area contributed by atoms with Gasteiger partial charge in [-0.1, -0.05) is 0 Å². The number of hydrogen-bond donors (Lipinski definition) is 0. The molecule has 1 aliphatic rings. The SMILES string of the molecule is O=[N+]([O-])c1ccc(OC[C@@H]2CO2)cc1. The minimum atomic E-state index is -0.437. The predicted molar refractivity (Wildman–Crippen MR) is 48.3 cm³/mol. The summed E-state index contributed by atoms with van der Waals surface area (Å²) in [7, 11) is 0. The van der Waals surface area contributed by atoms with E-state index in [1.807, 2.05) is 0 Å². The third-order valence-corrected chi connectivity index (χ3v) is 1.89. The van der Waals surface area contributed by atoms with Gasteiger partial charge in [0.05, 0.1) is 11.5 Å². The van der Waals surface area contributed by atoms with Crippen LogP contribution in [0.15, 0.2) is 24.3 Å². The minimum absolute atomic E-state index is 0.0695. The number of benzene rings is 1. The molecular formula is C9H9NO4. The van der Waals surface area contributed by atoms with Crippen LogP contribution in [-0.4, -0.2) is 24.2 Å². The van der Waals surface area contributed by atoms with Crippen molar-refractivity contribution in [2.24, 2.45) is 0 Å². The number of nitro benzene ring substituents is 1. The zero-order chi connectivity index (χ0) is 9.97. The highest BCUT2D eigenvalue weighted by molar-refractivity contribution is 5.35. The van der Waals surface area contributed by atoms with Gasteiger partial charge in [-0.2, -0.15) is 0 Å². The average molecular weight is 195 g/mol. The van der Waals surface area contributed by atoms with Crippen molar-refractivity contribution in [3.63, 3.8) is 0 Å².